The van der Waals surface area contributed by atoms with Gasteiger partial charge in [0.05, 0.1) is 40.8 Å². The summed E-state index contributed by atoms with van der Waals surface area (Å²) in [5.41, 5.74) is -4.08. The third-order valence-corrected chi connectivity index (χ3v) is 50.6. The lowest BCUT2D eigenvalue weighted by Crippen LogP contribution is -2.85. The number of thiol groups is 20. The largest absolute Gasteiger partial charge is 0.500 e. The zero-order chi connectivity index (χ0) is 78.0. The summed E-state index contributed by atoms with van der Waals surface area (Å²) < 4.78 is 79.1. The molecule has 0 aromatic rings. The Kier molecular flexibility index (Phi) is 49.9. The van der Waals surface area contributed by atoms with Crippen LogP contribution in [0.4, 0.5) is 0 Å². The Bertz CT molecular complexity index is 2120. The van der Waals surface area contributed by atoms with Gasteiger partial charge in [0.15, 0.2) is 0 Å². The summed E-state index contributed by atoms with van der Waals surface area (Å²) in [7, 11) is -16.7. The molecular formula is C61H132O15S20Si5. The quantitative estimate of drug-likeness (QED) is 0.0160. The highest BCUT2D eigenvalue weighted by Gasteiger charge is 2.88. The van der Waals surface area contributed by atoms with Crippen LogP contribution in [0.2, 0.25) is 30.2 Å². The van der Waals surface area contributed by atoms with Crippen LogP contribution < -0.4 is 0 Å². The standard InChI is InChI=1S/C61H132O15S20Si5/c1-16-62-97(63-17-2,64-18-3)44-32-39-51(77,78)57(87,88)49-37-31-38-50(58(89,90)52(79,80)40-33-45-98(65-19-4,66-20-5)67-21-6,59(91,92)53(81,82)41-34-46-99(68-22-7,69-23-8)70-24-9)56(49,60(93,94)54(83,84)42-35-47-100(71-25-10,72-26-11)73-27-12)61(95,96)55(85,86)43-36-48-101(74-28-13,75-29-14)76-30-15/h49,77-96H,16-48H2,1-15H3. The van der Waals surface area contributed by atoms with Gasteiger partial charge in [0.25, 0.3) is 0 Å². The Morgan fingerprint density at radius 2 is 0.426 bits per heavy atom. The van der Waals surface area contributed by atoms with E-state index in [-0.39, 0.29) is 44.9 Å². The molecule has 0 aliphatic heterocycles. The SMILES string of the molecule is CCO[Si](CCCC(S)(S)C(S)(S)C1CCCC(C(S)(S)C(S)(S)CCC[Si](OCC)(OCC)OCC)(C(S)(S)C(S)(S)CCC[Si](OCC)(OCC)OCC)C1(C(S)(S)C(S)(S)CCC[Si](OCC)(OCC)OCC)C(S)(S)C(S)(S)CCC[Si](OCC)(OCC)OCC)(OCC)OCC. The molecule has 1 aliphatic rings. The zero-order valence-corrected chi connectivity index (χ0v) is 85.4. The van der Waals surface area contributed by atoms with E-state index in [4.69, 9.17) is 319 Å². The second kappa shape index (κ2) is 47.3. The summed E-state index contributed by atoms with van der Waals surface area (Å²) in [5, 5.41) is 0. The fourth-order valence-electron chi connectivity index (χ4n) is 14.5. The van der Waals surface area contributed by atoms with Crippen molar-refractivity contribution in [2.24, 2.45) is 16.7 Å². The summed E-state index contributed by atoms with van der Waals surface area (Å²) in [6, 6.07) is 1.85. The highest BCUT2D eigenvalue weighted by Crippen LogP contribution is 2.87. The number of hydrogen-bond acceptors (Lipinski definition) is 35. The van der Waals surface area contributed by atoms with Crippen LogP contribution in [0.25, 0.3) is 0 Å². The lowest BCUT2D eigenvalue weighted by molar-refractivity contribution is -0.109. The topological polar surface area (TPSA) is 138 Å². The van der Waals surface area contributed by atoms with Crippen molar-refractivity contribution in [1.82, 2.24) is 0 Å². The predicted octanol–water partition coefficient (Wildman–Crippen LogP) is 18.5. The van der Waals surface area contributed by atoms with E-state index in [1.54, 1.807) is 0 Å². The molecule has 40 heteroatoms. The molecule has 0 aromatic carbocycles. The number of hydrogen-bond donors (Lipinski definition) is 20. The molecule has 1 unspecified atom stereocenters. The van der Waals surface area contributed by atoms with Gasteiger partial charge in [-0.15, -0.1) is 0 Å². The Balaban J connectivity index is 5.66. The van der Waals surface area contributed by atoms with Gasteiger partial charge in [0.2, 0.25) is 0 Å². The van der Waals surface area contributed by atoms with Crippen molar-refractivity contribution in [3.8, 4) is 0 Å². The normalized spacial score (nSPS) is 17.2. The molecule has 0 radical (unpaired) electrons. The Morgan fingerprint density at radius 3 is 0.604 bits per heavy atom. The van der Waals surface area contributed by atoms with Gasteiger partial charge in [-0.25, -0.2) is 0 Å². The molecule has 0 heterocycles. The first-order valence-electron chi connectivity index (χ1n) is 35.8. The van der Waals surface area contributed by atoms with Gasteiger partial charge in [-0.3, -0.25) is 0 Å². The van der Waals surface area contributed by atoms with E-state index >= 15 is 0 Å². The van der Waals surface area contributed by atoms with Crippen molar-refractivity contribution >= 4 is 297 Å². The molecule has 101 heavy (non-hydrogen) atoms. The number of rotatable bonds is 60. The lowest BCUT2D eigenvalue weighted by Gasteiger charge is -2.80. The van der Waals surface area contributed by atoms with Crippen LogP contribution in [0.1, 0.15) is 187 Å². The minimum absolute atomic E-state index is 0.0976. The molecule has 606 valence electrons. The maximum Gasteiger partial charge on any atom is 0.500 e. The van der Waals surface area contributed by atoms with Gasteiger partial charge in [0.1, 0.15) is 0 Å². The highest BCUT2D eigenvalue weighted by atomic mass is 32.2. The molecule has 1 saturated carbocycles. The van der Waals surface area contributed by atoms with Crippen molar-refractivity contribution in [2.75, 3.05) is 99.1 Å². The van der Waals surface area contributed by atoms with Crippen molar-refractivity contribution in [3.63, 3.8) is 0 Å². The van der Waals surface area contributed by atoms with Gasteiger partial charge < -0.3 is 66.4 Å². The maximum absolute atomic E-state index is 6.49. The molecule has 15 nitrogen and oxygen atoms in total. The predicted molar refractivity (Wildman–Crippen MR) is 503 cm³/mol. The highest BCUT2D eigenvalue weighted by molar-refractivity contribution is 8.12. The van der Waals surface area contributed by atoms with Gasteiger partial charge in [0, 0.05) is 140 Å². The smallest absolute Gasteiger partial charge is 0.374 e. The molecule has 1 atom stereocenters. The molecule has 1 aliphatic carbocycles. The zero-order valence-electron chi connectivity index (χ0n) is 62.5. The van der Waals surface area contributed by atoms with Crippen molar-refractivity contribution in [2.45, 2.75) is 258 Å². The van der Waals surface area contributed by atoms with E-state index in [1.165, 1.54) is 0 Å². The van der Waals surface area contributed by atoms with E-state index in [0.717, 1.165) is 0 Å². The van der Waals surface area contributed by atoms with Crippen LogP contribution in [-0.2, 0) is 66.4 Å². The Hall–Kier alpha value is 7.48. The molecule has 0 amide bonds. The van der Waals surface area contributed by atoms with Crippen LogP contribution in [-0.4, -0.2) is 184 Å². The third-order valence-electron chi connectivity index (χ3n) is 18.3. The third kappa shape index (κ3) is 25.5. The van der Waals surface area contributed by atoms with Crippen LogP contribution in [0.15, 0.2) is 0 Å². The van der Waals surface area contributed by atoms with E-state index < -0.39 is 102 Å². The maximum atomic E-state index is 6.49. The van der Waals surface area contributed by atoms with Crippen molar-refractivity contribution < 1.29 is 66.4 Å². The minimum atomic E-state index is -3.37. The first-order valence-corrected chi connectivity index (χ1v) is 54.4. The Morgan fingerprint density at radius 1 is 0.257 bits per heavy atom. The Labute approximate surface area is 728 Å². The molecular weight excluding hydrogens is 1750 g/mol. The molecule has 1 rings (SSSR count). The molecule has 0 aromatic heterocycles. The fraction of sp³-hybridized carbons (Fsp3) is 1.00. The monoisotopic (exact) mass is 1880 g/mol. The summed E-state index contributed by atoms with van der Waals surface area (Å²) in [6.07, 6.45) is 3.49. The summed E-state index contributed by atoms with van der Waals surface area (Å²) in [5.74, 6) is -1.09. The van der Waals surface area contributed by atoms with Gasteiger partial charge in [-0.1, -0.05) is 6.42 Å². The van der Waals surface area contributed by atoms with Gasteiger partial charge in [-0.2, -0.15) is 253 Å². The van der Waals surface area contributed by atoms with Crippen LogP contribution >= 0.6 is 253 Å². The van der Waals surface area contributed by atoms with Crippen LogP contribution in [0.3, 0.4) is 0 Å². The van der Waals surface area contributed by atoms with Crippen LogP contribution in [0, 0.1) is 16.7 Å². The second-order valence-corrected chi connectivity index (χ2v) is 56.4. The van der Waals surface area contributed by atoms with Crippen molar-refractivity contribution in [3.05, 3.63) is 0 Å². The van der Waals surface area contributed by atoms with Gasteiger partial charge >= 0.3 is 44.0 Å². The fourth-order valence-corrected chi connectivity index (χ4v) is 37.3. The average Bonchev–Trinajstić information content (AvgIpc) is 0.634. The van der Waals surface area contributed by atoms with E-state index in [0.29, 0.717) is 168 Å². The molecule has 0 bridgehead atoms. The van der Waals surface area contributed by atoms with E-state index in [2.05, 4.69) is 0 Å². The first-order chi connectivity index (χ1) is 46.8. The summed E-state index contributed by atoms with van der Waals surface area (Å²) in [6.45, 7) is 34.2. The van der Waals surface area contributed by atoms with Crippen LogP contribution in [0.5, 0.6) is 0 Å². The minimum Gasteiger partial charge on any atom is -0.374 e. The summed E-state index contributed by atoms with van der Waals surface area (Å²) in [4.78, 5) is 0. The average molecular weight is 1890 g/mol. The van der Waals surface area contributed by atoms with Gasteiger partial charge in [-0.05, 0) is 187 Å². The lowest BCUT2D eigenvalue weighted by atomic mass is 9.42. The van der Waals surface area contributed by atoms with E-state index in [9.17, 15) is 0 Å². The second-order valence-electron chi connectivity index (χ2n) is 24.8. The molecule has 1 fully saturated rings. The molecule has 0 spiro atoms. The molecule has 0 saturated heterocycles. The molecule has 0 N–H and O–H groups in total. The summed E-state index contributed by atoms with van der Waals surface area (Å²) >= 11 is 120. The first kappa shape index (κ1) is 106. The van der Waals surface area contributed by atoms with Crippen molar-refractivity contribution in [1.29, 1.82) is 0 Å². The van der Waals surface area contributed by atoms with E-state index in [1.807, 2.05) is 104 Å².